The van der Waals surface area contributed by atoms with Gasteiger partial charge in [-0.3, -0.25) is 4.79 Å². The maximum Gasteiger partial charge on any atom is 0.408 e. The number of hydrogen-bond donors (Lipinski definition) is 2. The molecule has 2 N–H and O–H groups in total. The number of carbonyl (C=O) groups is 2. The zero-order chi connectivity index (χ0) is 19.0. The van der Waals surface area contributed by atoms with E-state index in [0.717, 1.165) is 36.1 Å². The fraction of sp³-hybridized carbons (Fsp3) is 0.600. The number of amides is 2. The highest BCUT2D eigenvalue weighted by atomic mass is 16.6. The van der Waals surface area contributed by atoms with E-state index in [0.29, 0.717) is 6.42 Å². The maximum absolute atomic E-state index is 12.7. The summed E-state index contributed by atoms with van der Waals surface area (Å²) in [4.78, 5) is 24.7. The Labute approximate surface area is 151 Å². The van der Waals surface area contributed by atoms with Gasteiger partial charge < -0.3 is 15.4 Å². The van der Waals surface area contributed by atoms with E-state index in [9.17, 15) is 9.59 Å². The van der Waals surface area contributed by atoms with Crippen LogP contribution in [0.15, 0.2) is 18.2 Å². The van der Waals surface area contributed by atoms with Crippen LogP contribution in [0.1, 0.15) is 65.0 Å². The van der Waals surface area contributed by atoms with E-state index in [2.05, 4.69) is 30.5 Å². The van der Waals surface area contributed by atoms with Crippen LogP contribution in [0.5, 0.6) is 0 Å². The first-order valence-corrected chi connectivity index (χ1v) is 9.06. The number of alkyl carbamates (subject to hydrolysis) is 1. The lowest BCUT2D eigenvalue weighted by Gasteiger charge is -2.23. The second-order valence-corrected chi connectivity index (χ2v) is 7.34. The monoisotopic (exact) mass is 348 g/mol. The van der Waals surface area contributed by atoms with Crippen molar-refractivity contribution in [3.63, 3.8) is 0 Å². The quantitative estimate of drug-likeness (QED) is 0.758. The summed E-state index contributed by atoms with van der Waals surface area (Å²) < 4.78 is 5.28. The topological polar surface area (TPSA) is 67.4 Å². The van der Waals surface area contributed by atoms with Crippen molar-refractivity contribution in [1.82, 2.24) is 5.32 Å². The van der Waals surface area contributed by atoms with Crippen LogP contribution in [0.4, 0.5) is 10.5 Å². The Balaban J connectivity index is 2.84. The van der Waals surface area contributed by atoms with Gasteiger partial charge in [0.05, 0.1) is 0 Å². The van der Waals surface area contributed by atoms with E-state index < -0.39 is 17.7 Å². The largest absolute Gasteiger partial charge is 0.444 e. The van der Waals surface area contributed by atoms with Crippen molar-refractivity contribution in [2.24, 2.45) is 0 Å². The lowest BCUT2D eigenvalue weighted by Crippen LogP contribution is -2.45. The Kier molecular flexibility index (Phi) is 7.94. The Morgan fingerprint density at radius 2 is 1.88 bits per heavy atom. The molecule has 25 heavy (non-hydrogen) atoms. The summed E-state index contributed by atoms with van der Waals surface area (Å²) in [7, 11) is 0. The molecule has 0 heterocycles. The molecular weight excluding hydrogens is 316 g/mol. The van der Waals surface area contributed by atoms with Crippen LogP contribution >= 0.6 is 0 Å². The Bertz CT molecular complexity index is 591. The summed E-state index contributed by atoms with van der Waals surface area (Å²) in [6.45, 7) is 11.5. The molecule has 0 aliphatic rings. The third-order valence-corrected chi connectivity index (χ3v) is 3.75. The standard InChI is InChI=1S/C20H32N2O3/c1-7-9-10-17(22-19(24)25-20(4,5)6)18(23)21-16-12-11-14(3)13-15(16)8-2/h11-13,17H,7-10H2,1-6H3,(H,21,23)(H,22,24). The number of nitrogens with one attached hydrogen (secondary N) is 2. The molecule has 0 fully saturated rings. The van der Waals surface area contributed by atoms with Crippen molar-refractivity contribution in [2.75, 3.05) is 5.32 Å². The highest BCUT2D eigenvalue weighted by molar-refractivity contribution is 5.97. The molecule has 2 amide bonds. The average molecular weight is 348 g/mol. The summed E-state index contributed by atoms with van der Waals surface area (Å²) in [6, 6.07) is 5.34. The predicted octanol–water partition coefficient (Wildman–Crippen LogP) is 4.58. The van der Waals surface area contributed by atoms with E-state index in [1.54, 1.807) is 20.8 Å². The normalized spacial score (nSPS) is 12.4. The SMILES string of the molecule is CCCCC(NC(=O)OC(C)(C)C)C(=O)Nc1ccc(C)cc1CC. The molecular formula is C20H32N2O3. The van der Waals surface area contributed by atoms with Crippen LogP contribution in [0, 0.1) is 6.92 Å². The average Bonchev–Trinajstić information content (AvgIpc) is 2.51. The summed E-state index contributed by atoms with van der Waals surface area (Å²) in [5.41, 5.74) is 2.44. The number of anilines is 1. The zero-order valence-corrected chi connectivity index (χ0v) is 16.4. The fourth-order valence-electron chi connectivity index (χ4n) is 2.48. The highest BCUT2D eigenvalue weighted by Crippen LogP contribution is 2.19. The molecule has 0 radical (unpaired) electrons. The lowest BCUT2D eigenvalue weighted by atomic mass is 10.1. The summed E-state index contributed by atoms with van der Waals surface area (Å²) >= 11 is 0. The van der Waals surface area contributed by atoms with Gasteiger partial charge in [-0.2, -0.15) is 0 Å². The lowest BCUT2D eigenvalue weighted by molar-refractivity contribution is -0.118. The van der Waals surface area contributed by atoms with Crippen molar-refractivity contribution in [3.05, 3.63) is 29.3 Å². The van der Waals surface area contributed by atoms with Crippen LogP contribution in [-0.4, -0.2) is 23.6 Å². The highest BCUT2D eigenvalue weighted by Gasteiger charge is 2.24. The molecule has 1 unspecified atom stereocenters. The van der Waals surface area contributed by atoms with Crippen LogP contribution in [0.2, 0.25) is 0 Å². The first kappa shape index (κ1) is 21.0. The van der Waals surface area contributed by atoms with Crippen molar-refractivity contribution < 1.29 is 14.3 Å². The Hall–Kier alpha value is -2.04. The molecule has 0 spiro atoms. The van der Waals surface area contributed by atoms with Crippen molar-refractivity contribution in [2.45, 2.75) is 78.9 Å². The van der Waals surface area contributed by atoms with Gasteiger partial charge in [0.2, 0.25) is 5.91 Å². The van der Waals surface area contributed by atoms with Crippen molar-refractivity contribution >= 4 is 17.7 Å². The van der Waals surface area contributed by atoms with Crippen LogP contribution in [-0.2, 0) is 16.0 Å². The van der Waals surface area contributed by atoms with Gasteiger partial charge in [0.25, 0.3) is 0 Å². The molecule has 1 aromatic rings. The molecule has 0 aliphatic carbocycles. The minimum absolute atomic E-state index is 0.210. The van der Waals surface area contributed by atoms with Gasteiger partial charge in [-0.25, -0.2) is 4.79 Å². The molecule has 0 bridgehead atoms. The smallest absolute Gasteiger partial charge is 0.408 e. The first-order valence-electron chi connectivity index (χ1n) is 9.06. The molecule has 1 rings (SSSR count). The molecule has 5 heteroatoms. The van der Waals surface area contributed by atoms with Gasteiger partial charge in [-0.05, 0) is 52.2 Å². The molecule has 1 atom stereocenters. The summed E-state index contributed by atoms with van der Waals surface area (Å²) in [5, 5.41) is 5.66. The van der Waals surface area contributed by atoms with Gasteiger partial charge in [-0.15, -0.1) is 0 Å². The van der Waals surface area contributed by atoms with Crippen LogP contribution < -0.4 is 10.6 Å². The number of carbonyl (C=O) groups excluding carboxylic acids is 2. The van der Waals surface area contributed by atoms with Gasteiger partial charge in [0, 0.05) is 5.69 Å². The van der Waals surface area contributed by atoms with E-state index >= 15 is 0 Å². The van der Waals surface area contributed by atoms with Crippen molar-refractivity contribution in [3.8, 4) is 0 Å². The minimum atomic E-state index is -0.610. The second-order valence-electron chi connectivity index (χ2n) is 7.34. The fourth-order valence-corrected chi connectivity index (χ4v) is 2.48. The summed E-state index contributed by atoms with van der Waals surface area (Å²) in [5.74, 6) is -0.210. The predicted molar refractivity (Wildman–Crippen MR) is 102 cm³/mol. The number of hydrogen-bond acceptors (Lipinski definition) is 3. The summed E-state index contributed by atoms with van der Waals surface area (Å²) in [6.07, 6.45) is 2.64. The number of ether oxygens (including phenoxy) is 1. The van der Waals surface area contributed by atoms with E-state index in [1.165, 1.54) is 0 Å². The Morgan fingerprint density at radius 1 is 1.20 bits per heavy atom. The Morgan fingerprint density at radius 3 is 2.44 bits per heavy atom. The molecule has 0 saturated carbocycles. The van der Waals surface area contributed by atoms with Gasteiger partial charge in [-0.1, -0.05) is 44.4 Å². The minimum Gasteiger partial charge on any atom is -0.444 e. The van der Waals surface area contributed by atoms with Crippen LogP contribution in [0.25, 0.3) is 0 Å². The molecule has 0 saturated heterocycles. The number of unbranched alkanes of at least 4 members (excludes halogenated alkanes) is 1. The van der Waals surface area contributed by atoms with E-state index in [1.807, 2.05) is 19.1 Å². The number of rotatable bonds is 7. The molecule has 5 nitrogen and oxygen atoms in total. The van der Waals surface area contributed by atoms with Crippen molar-refractivity contribution in [1.29, 1.82) is 0 Å². The van der Waals surface area contributed by atoms with Gasteiger partial charge in [0.1, 0.15) is 11.6 Å². The molecule has 1 aromatic carbocycles. The molecule has 0 aromatic heterocycles. The third-order valence-electron chi connectivity index (χ3n) is 3.75. The van der Waals surface area contributed by atoms with Crippen LogP contribution in [0.3, 0.4) is 0 Å². The second kappa shape index (κ2) is 9.44. The van der Waals surface area contributed by atoms with Gasteiger partial charge >= 0.3 is 6.09 Å². The number of aryl methyl sites for hydroxylation is 2. The van der Waals surface area contributed by atoms with Gasteiger partial charge in [0.15, 0.2) is 0 Å². The molecule has 140 valence electrons. The maximum atomic E-state index is 12.7. The van der Waals surface area contributed by atoms with E-state index in [-0.39, 0.29) is 5.91 Å². The third kappa shape index (κ3) is 7.59. The first-order chi connectivity index (χ1) is 11.7. The van der Waals surface area contributed by atoms with E-state index in [4.69, 9.17) is 4.74 Å². The zero-order valence-electron chi connectivity index (χ0n) is 16.4. The number of benzene rings is 1. The molecule has 0 aliphatic heterocycles.